The van der Waals surface area contributed by atoms with E-state index in [0.29, 0.717) is 24.6 Å². The van der Waals surface area contributed by atoms with E-state index in [0.717, 1.165) is 36.9 Å². The number of hydrogen-bond donors (Lipinski definition) is 2. The minimum atomic E-state index is -0.849. The van der Waals surface area contributed by atoms with Crippen LogP contribution in [0.4, 0.5) is 0 Å². The Balaban J connectivity index is 1.62. The summed E-state index contributed by atoms with van der Waals surface area (Å²) in [6.07, 6.45) is 4.70. The topological polar surface area (TPSA) is 69.2 Å². The Kier molecular flexibility index (Phi) is 4.81. The van der Waals surface area contributed by atoms with Crippen LogP contribution in [0.3, 0.4) is 0 Å². The molecule has 2 fully saturated rings. The Hall–Kier alpha value is -2.14. The number of rotatable bonds is 3. The molecule has 4 rings (SSSR count). The molecule has 1 saturated heterocycles. The van der Waals surface area contributed by atoms with Crippen molar-refractivity contribution in [2.24, 2.45) is 5.92 Å². The monoisotopic (exact) mass is 367 g/mol. The Morgan fingerprint density at radius 1 is 1.26 bits per heavy atom. The van der Waals surface area contributed by atoms with Crippen molar-refractivity contribution in [3.05, 3.63) is 53.3 Å². The number of aromatic nitrogens is 2. The van der Waals surface area contributed by atoms with Crippen LogP contribution in [0.15, 0.2) is 36.4 Å². The molecule has 1 amide bonds. The van der Waals surface area contributed by atoms with Crippen molar-refractivity contribution in [2.45, 2.75) is 63.5 Å². The van der Waals surface area contributed by atoms with Crippen LogP contribution >= 0.6 is 0 Å². The SMILES string of the molecule is CC(C)c1cc(C(=O)N2CCC(O)(c3ccccc3)C3CCCCC32)n[nH]1. The van der Waals surface area contributed by atoms with Crippen molar-refractivity contribution in [1.29, 1.82) is 0 Å². The molecular formula is C22H29N3O2. The number of carbonyl (C=O) groups excluding carboxylic acids is 1. The quantitative estimate of drug-likeness (QED) is 0.866. The van der Waals surface area contributed by atoms with E-state index in [-0.39, 0.29) is 17.9 Å². The van der Waals surface area contributed by atoms with E-state index in [9.17, 15) is 9.90 Å². The first kappa shape index (κ1) is 18.2. The summed E-state index contributed by atoms with van der Waals surface area (Å²) in [5.41, 5.74) is 1.61. The van der Waals surface area contributed by atoms with Gasteiger partial charge in [0, 0.05) is 24.2 Å². The van der Waals surface area contributed by atoms with Gasteiger partial charge in [-0.25, -0.2) is 0 Å². The smallest absolute Gasteiger partial charge is 0.274 e. The number of carbonyl (C=O) groups is 1. The number of H-pyrrole nitrogens is 1. The van der Waals surface area contributed by atoms with Crippen LogP contribution in [0.2, 0.25) is 0 Å². The maximum Gasteiger partial charge on any atom is 0.274 e. The van der Waals surface area contributed by atoms with Crippen molar-refractivity contribution in [3.8, 4) is 0 Å². The summed E-state index contributed by atoms with van der Waals surface area (Å²) in [5.74, 6) is 0.381. The van der Waals surface area contributed by atoms with Gasteiger partial charge in [0.25, 0.3) is 5.91 Å². The lowest BCUT2D eigenvalue weighted by molar-refractivity contribution is -0.110. The van der Waals surface area contributed by atoms with E-state index in [1.165, 1.54) is 0 Å². The molecule has 3 unspecified atom stereocenters. The number of likely N-dealkylation sites (tertiary alicyclic amines) is 1. The number of fused-ring (bicyclic) bond motifs is 1. The molecule has 1 aromatic carbocycles. The van der Waals surface area contributed by atoms with Crippen LogP contribution in [0.1, 0.15) is 73.6 Å². The minimum Gasteiger partial charge on any atom is -0.385 e. The van der Waals surface area contributed by atoms with Gasteiger partial charge in [0.15, 0.2) is 0 Å². The summed E-state index contributed by atoms with van der Waals surface area (Å²) in [7, 11) is 0. The summed E-state index contributed by atoms with van der Waals surface area (Å²) >= 11 is 0. The van der Waals surface area contributed by atoms with Gasteiger partial charge in [-0.15, -0.1) is 0 Å². The predicted octanol–water partition coefficient (Wildman–Crippen LogP) is 3.83. The van der Waals surface area contributed by atoms with Crippen LogP contribution in [0.25, 0.3) is 0 Å². The molecule has 27 heavy (non-hydrogen) atoms. The second kappa shape index (κ2) is 7.12. The molecule has 1 saturated carbocycles. The summed E-state index contributed by atoms with van der Waals surface area (Å²) in [4.78, 5) is 15.2. The van der Waals surface area contributed by atoms with E-state index >= 15 is 0 Å². The first-order valence-corrected chi connectivity index (χ1v) is 10.1. The van der Waals surface area contributed by atoms with Gasteiger partial charge in [0.1, 0.15) is 5.69 Å². The molecular weight excluding hydrogens is 338 g/mol. The summed E-state index contributed by atoms with van der Waals surface area (Å²) < 4.78 is 0. The van der Waals surface area contributed by atoms with E-state index in [1.54, 1.807) is 0 Å². The van der Waals surface area contributed by atoms with E-state index in [4.69, 9.17) is 0 Å². The normalized spacial score (nSPS) is 28.2. The third kappa shape index (κ3) is 3.18. The number of piperidine rings is 1. The molecule has 3 atom stereocenters. The molecule has 0 bridgehead atoms. The fourth-order valence-corrected chi connectivity index (χ4v) is 4.91. The molecule has 1 aromatic heterocycles. The standard InChI is InChI=1S/C22H29N3O2/c1-15(2)18-14-19(24-23-18)21(26)25-13-12-22(27,16-8-4-3-5-9-16)17-10-6-7-11-20(17)25/h3-5,8-9,14-15,17,20,27H,6-7,10-13H2,1-2H3,(H,23,24). The number of aromatic amines is 1. The van der Waals surface area contributed by atoms with Crippen LogP contribution in [0.5, 0.6) is 0 Å². The zero-order valence-electron chi connectivity index (χ0n) is 16.2. The van der Waals surface area contributed by atoms with E-state index in [1.807, 2.05) is 41.3 Å². The van der Waals surface area contributed by atoms with Gasteiger partial charge in [0.05, 0.1) is 5.60 Å². The van der Waals surface area contributed by atoms with Crippen LogP contribution in [-0.2, 0) is 5.60 Å². The van der Waals surface area contributed by atoms with Gasteiger partial charge in [-0.3, -0.25) is 9.89 Å². The number of hydrogen-bond acceptors (Lipinski definition) is 3. The van der Waals surface area contributed by atoms with Crippen LogP contribution in [-0.4, -0.2) is 38.7 Å². The fraction of sp³-hybridized carbons (Fsp3) is 0.545. The van der Waals surface area contributed by atoms with Gasteiger partial charge in [-0.1, -0.05) is 57.0 Å². The fourth-order valence-electron chi connectivity index (χ4n) is 4.91. The average Bonchev–Trinajstić information content (AvgIpc) is 3.19. The molecule has 5 heteroatoms. The highest BCUT2D eigenvalue weighted by molar-refractivity contribution is 5.92. The lowest BCUT2D eigenvalue weighted by atomic mass is 9.66. The van der Waals surface area contributed by atoms with Gasteiger partial charge in [-0.05, 0) is 36.8 Å². The zero-order valence-corrected chi connectivity index (χ0v) is 16.2. The van der Waals surface area contributed by atoms with Crippen LogP contribution < -0.4 is 0 Å². The summed E-state index contributed by atoms with van der Waals surface area (Å²) in [6.45, 7) is 4.73. The van der Waals surface area contributed by atoms with Crippen molar-refractivity contribution in [3.63, 3.8) is 0 Å². The van der Waals surface area contributed by atoms with Crippen molar-refractivity contribution in [2.75, 3.05) is 6.54 Å². The molecule has 0 radical (unpaired) electrons. The molecule has 1 aliphatic heterocycles. The number of nitrogens with one attached hydrogen (secondary N) is 1. The van der Waals surface area contributed by atoms with Crippen molar-refractivity contribution in [1.82, 2.24) is 15.1 Å². The first-order valence-electron chi connectivity index (χ1n) is 10.1. The molecule has 5 nitrogen and oxygen atoms in total. The highest BCUT2D eigenvalue weighted by Gasteiger charge is 2.50. The third-order valence-electron chi connectivity index (χ3n) is 6.45. The zero-order chi connectivity index (χ0) is 19.0. The van der Waals surface area contributed by atoms with Gasteiger partial charge < -0.3 is 10.0 Å². The van der Waals surface area contributed by atoms with Crippen molar-refractivity contribution < 1.29 is 9.90 Å². The van der Waals surface area contributed by atoms with Gasteiger partial charge in [0.2, 0.25) is 0 Å². The van der Waals surface area contributed by atoms with Gasteiger partial charge >= 0.3 is 0 Å². The molecule has 2 heterocycles. The van der Waals surface area contributed by atoms with Crippen molar-refractivity contribution >= 4 is 5.91 Å². The number of nitrogens with zero attached hydrogens (tertiary/aromatic N) is 2. The second-order valence-corrected chi connectivity index (χ2v) is 8.36. The molecule has 0 spiro atoms. The summed E-state index contributed by atoms with van der Waals surface area (Å²) in [5, 5.41) is 18.9. The molecule has 2 aromatic rings. The molecule has 144 valence electrons. The first-order chi connectivity index (χ1) is 13.0. The van der Waals surface area contributed by atoms with E-state index in [2.05, 4.69) is 24.0 Å². The Morgan fingerprint density at radius 2 is 2.00 bits per heavy atom. The van der Waals surface area contributed by atoms with Crippen LogP contribution in [0, 0.1) is 5.92 Å². The average molecular weight is 367 g/mol. The predicted molar refractivity (Wildman–Crippen MR) is 104 cm³/mol. The highest BCUT2D eigenvalue weighted by Crippen LogP contribution is 2.47. The number of benzene rings is 1. The van der Waals surface area contributed by atoms with E-state index < -0.39 is 5.60 Å². The maximum atomic E-state index is 13.2. The maximum absolute atomic E-state index is 13.2. The summed E-state index contributed by atoms with van der Waals surface area (Å²) in [6, 6.07) is 11.9. The lowest BCUT2D eigenvalue weighted by Gasteiger charge is -2.52. The van der Waals surface area contributed by atoms with Gasteiger partial charge in [-0.2, -0.15) is 5.10 Å². The third-order valence-corrected chi connectivity index (χ3v) is 6.45. The molecule has 2 aliphatic rings. The Labute approximate surface area is 160 Å². The lowest BCUT2D eigenvalue weighted by Crippen LogP contribution is -2.59. The number of aliphatic hydroxyl groups is 1. The minimum absolute atomic E-state index is 0.00911. The highest BCUT2D eigenvalue weighted by atomic mass is 16.3. The molecule has 1 aliphatic carbocycles. The number of amides is 1. The second-order valence-electron chi connectivity index (χ2n) is 8.36. The Morgan fingerprint density at radius 3 is 2.70 bits per heavy atom. The Bertz CT molecular complexity index is 801. The largest absolute Gasteiger partial charge is 0.385 e. The molecule has 2 N–H and O–H groups in total.